The Kier molecular flexibility index (Phi) is 4.97. The molecule has 0 radical (unpaired) electrons. The highest BCUT2D eigenvalue weighted by molar-refractivity contribution is 5.98. The van der Waals surface area contributed by atoms with Crippen LogP contribution in [0.15, 0.2) is 35.5 Å². The topological polar surface area (TPSA) is 64.7 Å². The van der Waals surface area contributed by atoms with Crippen LogP contribution in [0.5, 0.6) is 0 Å². The van der Waals surface area contributed by atoms with Crippen LogP contribution in [0.4, 0.5) is 10.5 Å². The second kappa shape index (κ2) is 7.17. The molecule has 2 N–H and O–H groups in total. The van der Waals surface area contributed by atoms with E-state index in [4.69, 9.17) is 0 Å². The highest BCUT2D eigenvalue weighted by Gasteiger charge is 2.31. The van der Waals surface area contributed by atoms with Crippen molar-refractivity contribution in [2.75, 3.05) is 31.1 Å². The van der Waals surface area contributed by atoms with Crippen molar-refractivity contribution in [1.82, 2.24) is 15.5 Å². The molecule has 0 bridgehead atoms. The number of aryl methyl sites for hydroxylation is 1. The first-order valence-electron chi connectivity index (χ1n) is 8.91. The third-order valence-corrected chi connectivity index (χ3v) is 5.00. The van der Waals surface area contributed by atoms with Crippen LogP contribution in [0.25, 0.3) is 0 Å². The molecule has 1 saturated heterocycles. The van der Waals surface area contributed by atoms with Gasteiger partial charge >= 0.3 is 6.03 Å². The molecule has 6 nitrogen and oxygen atoms in total. The summed E-state index contributed by atoms with van der Waals surface area (Å²) in [5, 5.41) is 5.46. The Hall–Kier alpha value is -2.50. The van der Waals surface area contributed by atoms with E-state index in [0.717, 1.165) is 19.5 Å². The van der Waals surface area contributed by atoms with Crippen LogP contribution in [0, 0.1) is 0 Å². The van der Waals surface area contributed by atoms with Crippen molar-refractivity contribution in [1.29, 1.82) is 0 Å². The van der Waals surface area contributed by atoms with Gasteiger partial charge in [-0.15, -0.1) is 0 Å². The van der Waals surface area contributed by atoms with Gasteiger partial charge < -0.3 is 20.4 Å². The quantitative estimate of drug-likeness (QED) is 0.881. The number of hydrogen-bond acceptors (Lipinski definition) is 3. The molecule has 2 heterocycles. The van der Waals surface area contributed by atoms with Gasteiger partial charge in [0.2, 0.25) is 0 Å². The van der Waals surface area contributed by atoms with Gasteiger partial charge in [-0.25, -0.2) is 4.79 Å². The summed E-state index contributed by atoms with van der Waals surface area (Å²) < 4.78 is 0. The molecule has 0 saturated carbocycles. The summed E-state index contributed by atoms with van der Waals surface area (Å²) in [6.07, 6.45) is 1.00. The minimum atomic E-state index is -0.264. The van der Waals surface area contributed by atoms with Crippen molar-refractivity contribution < 1.29 is 9.59 Å². The number of hydrogen-bond donors (Lipinski definition) is 2. The van der Waals surface area contributed by atoms with Crippen LogP contribution in [0.1, 0.15) is 26.3 Å². The standard InChI is InChI=1S/C19H26N4O2/c1-4-15-7-5-6-8-16(15)22-9-11-23(12-10-22)18(24)17-13(2)20-19(25)21-14(17)3/h5-8,13H,4,9-12H2,1-3H3,(H2,20,21,25). The van der Waals surface area contributed by atoms with Crippen LogP contribution >= 0.6 is 0 Å². The second-order valence-corrected chi connectivity index (χ2v) is 6.62. The summed E-state index contributed by atoms with van der Waals surface area (Å²) in [6, 6.07) is 7.95. The number of amides is 3. The largest absolute Gasteiger partial charge is 0.368 e. The van der Waals surface area contributed by atoms with E-state index in [0.29, 0.717) is 24.4 Å². The average molecular weight is 342 g/mol. The number of allylic oxidation sites excluding steroid dienone is 1. The fourth-order valence-corrected chi connectivity index (χ4v) is 3.65. The number of carbonyl (C=O) groups is 2. The molecule has 0 spiro atoms. The monoisotopic (exact) mass is 342 g/mol. The number of anilines is 1. The molecule has 1 fully saturated rings. The van der Waals surface area contributed by atoms with E-state index in [1.54, 1.807) is 6.92 Å². The number of rotatable bonds is 3. The van der Waals surface area contributed by atoms with E-state index in [-0.39, 0.29) is 18.0 Å². The van der Waals surface area contributed by atoms with E-state index >= 15 is 0 Å². The smallest absolute Gasteiger partial charge is 0.319 e. The Morgan fingerprint density at radius 1 is 1.20 bits per heavy atom. The third-order valence-electron chi connectivity index (χ3n) is 5.00. The molecular formula is C19H26N4O2. The maximum atomic E-state index is 12.9. The van der Waals surface area contributed by atoms with Gasteiger partial charge in [0.25, 0.3) is 5.91 Å². The molecule has 1 aromatic carbocycles. The molecule has 0 aliphatic carbocycles. The molecule has 3 amide bonds. The number of piperazine rings is 1. The minimum Gasteiger partial charge on any atom is -0.368 e. The third kappa shape index (κ3) is 3.48. The molecule has 0 aromatic heterocycles. The van der Waals surface area contributed by atoms with Crippen molar-refractivity contribution >= 4 is 17.6 Å². The molecule has 3 rings (SSSR count). The Labute approximate surface area is 148 Å². The van der Waals surface area contributed by atoms with E-state index in [1.165, 1.54) is 11.3 Å². The van der Waals surface area contributed by atoms with Gasteiger partial charge in [0.1, 0.15) is 0 Å². The molecule has 1 aromatic rings. The molecular weight excluding hydrogens is 316 g/mol. The van der Waals surface area contributed by atoms with Crippen molar-refractivity contribution in [3.8, 4) is 0 Å². The molecule has 25 heavy (non-hydrogen) atoms. The molecule has 134 valence electrons. The average Bonchev–Trinajstić information content (AvgIpc) is 2.61. The Bertz CT molecular complexity index is 705. The predicted octanol–water partition coefficient (Wildman–Crippen LogP) is 1.87. The number of para-hydroxylation sites is 1. The lowest BCUT2D eigenvalue weighted by molar-refractivity contribution is -0.127. The van der Waals surface area contributed by atoms with Crippen molar-refractivity contribution in [3.63, 3.8) is 0 Å². The Morgan fingerprint density at radius 3 is 2.52 bits per heavy atom. The van der Waals surface area contributed by atoms with Gasteiger partial charge in [-0.2, -0.15) is 0 Å². The number of carbonyl (C=O) groups excluding carboxylic acids is 2. The molecule has 2 aliphatic heterocycles. The van der Waals surface area contributed by atoms with Crippen molar-refractivity contribution in [2.24, 2.45) is 0 Å². The molecule has 1 unspecified atom stereocenters. The SMILES string of the molecule is CCc1ccccc1N1CCN(C(=O)C2=C(C)NC(=O)NC2C)CC1. The first kappa shape index (κ1) is 17.3. The van der Waals surface area contributed by atoms with E-state index < -0.39 is 0 Å². The van der Waals surface area contributed by atoms with Crippen LogP contribution in [-0.2, 0) is 11.2 Å². The lowest BCUT2D eigenvalue weighted by Crippen LogP contribution is -2.54. The van der Waals surface area contributed by atoms with Crippen molar-refractivity contribution in [2.45, 2.75) is 33.2 Å². The summed E-state index contributed by atoms with van der Waals surface area (Å²) in [6.45, 7) is 8.83. The Morgan fingerprint density at radius 2 is 1.88 bits per heavy atom. The maximum Gasteiger partial charge on any atom is 0.319 e. The lowest BCUT2D eigenvalue weighted by Gasteiger charge is -2.38. The number of nitrogens with one attached hydrogen (secondary N) is 2. The number of urea groups is 1. The summed E-state index contributed by atoms with van der Waals surface area (Å²) >= 11 is 0. The fourth-order valence-electron chi connectivity index (χ4n) is 3.65. The van der Waals surface area contributed by atoms with Gasteiger partial charge in [0.05, 0.1) is 11.6 Å². The molecule has 1 atom stereocenters. The minimum absolute atomic E-state index is 0.0147. The fraction of sp³-hybridized carbons (Fsp3) is 0.474. The lowest BCUT2D eigenvalue weighted by atomic mass is 10.0. The summed E-state index contributed by atoms with van der Waals surface area (Å²) in [4.78, 5) is 28.6. The summed E-state index contributed by atoms with van der Waals surface area (Å²) in [5.41, 5.74) is 3.92. The van der Waals surface area contributed by atoms with Gasteiger partial charge in [-0.05, 0) is 31.9 Å². The first-order chi connectivity index (χ1) is 12.0. The summed E-state index contributed by atoms with van der Waals surface area (Å²) in [5.74, 6) is 0.0147. The van der Waals surface area contributed by atoms with Gasteiger partial charge in [0, 0.05) is 37.6 Å². The summed E-state index contributed by atoms with van der Waals surface area (Å²) in [7, 11) is 0. The van der Waals surface area contributed by atoms with Crippen LogP contribution in [0.3, 0.4) is 0 Å². The van der Waals surface area contributed by atoms with Crippen molar-refractivity contribution in [3.05, 3.63) is 41.1 Å². The molecule has 6 heteroatoms. The maximum absolute atomic E-state index is 12.9. The van der Waals surface area contributed by atoms with Gasteiger partial charge in [0.15, 0.2) is 0 Å². The van der Waals surface area contributed by atoms with E-state index in [9.17, 15) is 9.59 Å². The number of benzene rings is 1. The predicted molar refractivity (Wildman–Crippen MR) is 98.4 cm³/mol. The van der Waals surface area contributed by atoms with E-state index in [1.807, 2.05) is 11.8 Å². The normalized spacial score (nSPS) is 21.1. The van der Waals surface area contributed by atoms with Crippen LogP contribution < -0.4 is 15.5 Å². The van der Waals surface area contributed by atoms with Gasteiger partial charge in [-0.1, -0.05) is 25.1 Å². The van der Waals surface area contributed by atoms with Gasteiger partial charge in [-0.3, -0.25) is 4.79 Å². The highest BCUT2D eigenvalue weighted by Crippen LogP contribution is 2.23. The number of nitrogens with zero attached hydrogens (tertiary/aromatic N) is 2. The zero-order valence-corrected chi connectivity index (χ0v) is 15.1. The zero-order valence-electron chi connectivity index (χ0n) is 15.1. The van der Waals surface area contributed by atoms with E-state index in [2.05, 4.69) is 46.7 Å². The van der Waals surface area contributed by atoms with Crippen LogP contribution in [0.2, 0.25) is 0 Å². The highest BCUT2D eigenvalue weighted by atomic mass is 16.2. The first-order valence-corrected chi connectivity index (χ1v) is 8.91. The molecule has 2 aliphatic rings. The Balaban J connectivity index is 1.69. The van der Waals surface area contributed by atoms with Crippen LogP contribution in [-0.4, -0.2) is 49.1 Å². The zero-order chi connectivity index (χ0) is 18.0. The second-order valence-electron chi connectivity index (χ2n) is 6.62.